The molecule has 0 saturated heterocycles. The molecule has 0 bridgehead atoms. The van der Waals surface area contributed by atoms with Crippen LogP contribution in [0.1, 0.15) is 38.5 Å². The molecule has 0 radical (unpaired) electrons. The summed E-state index contributed by atoms with van der Waals surface area (Å²) < 4.78 is 5.46. The highest BCUT2D eigenvalue weighted by Gasteiger charge is 2.13. The van der Waals surface area contributed by atoms with Crippen LogP contribution in [0, 0.1) is 0 Å². The monoisotopic (exact) mass is 285 g/mol. The van der Waals surface area contributed by atoms with Crippen LogP contribution in [0.4, 0.5) is 0 Å². The molecular formula is C15H31N3O2. The van der Waals surface area contributed by atoms with E-state index in [1.54, 1.807) is 0 Å². The Kier molecular flexibility index (Phi) is 9.62. The second-order valence-electron chi connectivity index (χ2n) is 5.85. The van der Waals surface area contributed by atoms with E-state index in [4.69, 9.17) is 4.74 Å². The lowest BCUT2D eigenvalue weighted by Crippen LogP contribution is -2.40. The van der Waals surface area contributed by atoms with E-state index in [1.165, 1.54) is 25.7 Å². The Labute approximate surface area is 123 Å². The van der Waals surface area contributed by atoms with Crippen LogP contribution in [0.25, 0.3) is 0 Å². The number of rotatable bonds is 9. The van der Waals surface area contributed by atoms with Crippen molar-refractivity contribution in [2.24, 2.45) is 0 Å². The fourth-order valence-corrected chi connectivity index (χ4v) is 2.40. The van der Waals surface area contributed by atoms with Crippen molar-refractivity contribution >= 4 is 5.91 Å². The van der Waals surface area contributed by atoms with Gasteiger partial charge in [0.2, 0.25) is 5.91 Å². The minimum absolute atomic E-state index is 0.116. The Hall–Kier alpha value is -0.650. The SMILES string of the molecule is CN(C)CCOCCNCC(=O)NC1CCCCCC1. The number of amides is 1. The first kappa shape index (κ1) is 17.4. The summed E-state index contributed by atoms with van der Waals surface area (Å²) >= 11 is 0. The van der Waals surface area contributed by atoms with Crippen molar-refractivity contribution in [2.75, 3.05) is 46.9 Å². The van der Waals surface area contributed by atoms with Gasteiger partial charge in [0, 0.05) is 19.1 Å². The molecule has 0 atom stereocenters. The van der Waals surface area contributed by atoms with Crippen LogP contribution in [-0.4, -0.2) is 63.8 Å². The molecule has 1 saturated carbocycles. The largest absolute Gasteiger partial charge is 0.379 e. The van der Waals surface area contributed by atoms with Gasteiger partial charge in [-0.3, -0.25) is 4.79 Å². The van der Waals surface area contributed by atoms with E-state index >= 15 is 0 Å². The third-order valence-electron chi connectivity index (χ3n) is 3.61. The second kappa shape index (κ2) is 11.1. The van der Waals surface area contributed by atoms with Crippen molar-refractivity contribution in [3.05, 3.63) is 0 Å². The lowest BCUT2D eigenvalue weighted by molar-refractivity contribution is -0.121. The zero-order valence-corrected chi connectivity index (χ0v) is 13.1. The smallest absolute Gasteiger partial charge is 0.234 e. The number of carbonyl (C=O) groups is 1. The molecule has 0 unspecified atom stereocenters. The third-order valence-corrected chi connectivity index (χ3v) is 3.61. The number of carbonyl (C=O) groups excluding carboxylic acids is 1. The van der Waals surface area contributed by atoms with Crippen LogP contribution in [-0.2, 0) is 9.53 Å². The van der Waals surface area contributed by atoms with E-state index in [0.29, 0.717) is 19.2 Å². The molecule has 0 aromatic carbocycles. The summed E-state index contributed by atoms with van der Waals surface area (Å²) in [4.78, 5) is 13.9. The Bertz CT molecular complexity index is 252. The molecule has 5 nitrogen and oxygen atoms in total. The molecule has 1 rings (SSSR count). The van der Waals surface area contributed by atoms with E-state index in [9.17, 15) is 4.79 Å². The van der Waals surface area contributed by atoms with Crippen LogP contribution >= 0.6 is 0 Å². The maximum absolute atomic E-state index is 11.8. The van der Waals surface area contributed by atoms with Crippen molar-refractivity contribution in [1.29, 1.82) is 0 Å². The summed E-state index contributed by atoms with van der Waals surface area (Å²) in [5.41, 5.74) is 0. The van der Waals surface area contributed by atoms with Crippen molar-refractivity contribution in [3.8, 4) is 0 Å². The highest BCUT2D eigenvalue weighted by Crippen LogP contribution is 2.16. The van der Waals surface area contributed by atoms with Gasteiger partial charge in [-0.15, -0.1) is 0 Å². The summed E-state index contributed by atoms with van der Waals surface area (Å²) in [6.45, 7) is 3.45. The summed E-state index contributed by atoms with van der Waals surface area (Å²) in [6.07, 6.45) is 7.40. The maximum Gasteiger partial charge on any atom is 0.234 e. The van der Waals surface area contributed by atoms with Gasteiger partial charge in [-0.05, 0) is 26.9 Å². The van der Waals surface area contributed by atoms with Crippen LogP contribution in [0.2, 0.25) is 0 Å². The highest BCUT2D eigenvalue weighted by molar-refractivity contribution is 5.78. The normalized spacial score (nSPS) is 17.1. The minimum atomic E-state index is 0.116. The van der Waals surface area contributed by atoms with Gasteiger partial charge >= 0.3 is 0 Å². The number of nitrogens with zero attached hydrogens (tertiary/aromatic N) is 1. The van der Waals surface area contributed by atoms with Gasteiger partial charge in [-0.2, -0.15) is 0 Å². The van der Waals surface area contributed by atoms with Gasteiger partial charge in [-0.25, -0.2) is 0 Å². The Morgan fingerprint density at radius 2 is 1.85 bits per heavy atom. The molecular weight excluding hydrogens is 254 g/mol. The van der Waals surface area contributed by atoms with Crippen molar-refractivity contribution in [2.45, 2.75) is 44.6 Å². The van der Waals surface area contributed by atoms with Crippen LogP contribution < -0.4 is 10.6 Å². The number of hydrogen-bond donors (Lipinski definition) is 2. The average molecular weight is 285 g/mol. The summed E-state index contributed by atoms with van der Waals surface area (Å²) in [5.74, 6) is 0.116. The predicted octanol–water partition coefficient (Wildman–Crippen LogP) is 0.993. The molecule has 0 aromatic heterocycles. The fraction of sp³-hybridized carbons (Fsp3) is 0.933. The zero-order valence-electron chi connectivity index (χ0n) is 13.1. The number of likely N-dealkylation sites (N-methyl/N-ethyl adjacent to an activating group) is 1. The van der Waals surface area contributed by atoms with Gasteiger partial charge < -0.3 is 20.3 Å². The van der Waals surface area contributed by atoms with Crippen molar-refractivity contribution in [3.63, 3.8) is 0 Å². The third kappa shape index (κ3) is 9.28. The van der Waals surface area contributed by atoms with Gasteiger partial charge in [0.1, 0.15) is 0 Å². The molecule has 5 heteroatoms. The summed E-state index contributed by atoms with van der Waals surface area (Å²) in [7, 11) is 4.05. The topological polar surface area (TPSA) is 53.6 Å². The minimum Gasteiger partial charge on any atom is -0.379 e. The lowest BCUT2D eigenvalue weighted by atomic mass is 10.1. The van der Waals surface area contributed by atoms with Gasteiger partial charge in [-0.1, -0.05) is 25.7 Å². The molecule has 20 heavy (non-hydrogen) atoms. The first-order valence-corrected chi connectivity index (χ1v) is 7.91. The van der Waals surface area contributed by atoms with E-state index in [0.717, 1.165) is 32.5 Å². The Balaban J connectivity index is 1.94. The van der Waals surface area contributed by atoms with Gasteiger partial charge in [0.15, 0.2) is 0 Å². The molecule has 0 heterocycles. The van der Waals surface area contributed by atoms with E-state index in [1.807, 2.05) is 14.1 Å². The average Bonchev–Trinajstić information content (AvgIpc) is 2.66. The molecule has 1 amide bonds. The van der Waals surface area contributed by atoms with Gasteiger partial charge in [0.25, 0.3) is 0 Å². The molecule has 0 aliphatic heterocycles. The van der Waals surface area contributed by atoms with Crippen LogP contribution in [0.5, 0.6) is 0 Å². The van der Waals surface area contributed by atoms with Crippen molar-refractivity contribution < 1.29 is 9.53 Å². The Morgan fingerprint density at radius 3 is 2.50 bits per heavy atom. The molecule has 118 valence electrons. The van der Waals surface area contributed by atoms with Crippen LogP contribution in [0.15, 0.2) is 0 Å². The quantitative estimate of drug-likeness (QED) is 0.490. The predicted molar refractivity (Wildman–Crippen MR) is 81.9 cm³/mol. The van der Waals surface area contributed by atoms with E-state index in [2.05, 4.69) is 15.5 Å². The Morgan fingerprint density at radius 1 is 1.15 bits per heavy atom. The fourth-order valence-electron chi connectivity index (χ4n) is 2.40. The molecule has 0 aromatic rings. The van der Waals surface area contributed by atoms with Gasteiger partial charge in [0.05, 0.1) is 19.8 Å². The lowest BCUT2D eigenvalue weighted by Gasteiger charge is -2.16. The molecule has 0 spiro atoms. The highest BCUT2D eigenvalue weighted by atomic mass is 16.5. The second-order valence-corrected chi connectivity index (χ2v) is 5.85. The molecule has 1 aliphatic rings. The first-order valence-electron chi connectivity index (χ1n) is 7.91. The molecule has 1 fully saturated rings. The zero-order chi connectivity index (χ0) is 14.6. The van der Waals surface area contributed by atoms with E-state index in [-0.39, 0.29) is 5.91 Å². The maximum atomic E-state index is 11.8. The summed E-state index contributed by atoms with van der Waals surface area (Å²) in [5, 5.41) is 6.25. The molecule has 1 aliphatic carbocycles. The number of ether oxygens (including phenoxy) is 1. The van der Waals surface area contributed by atoms with E-state index < -0.39 is 0 Å². The van der Waals surface area contributed by atoms with Crippen LogP contribution in [0.3, 0.4) is 0 Å². The summed E-state index contributed by atoms with van der Waals surface area (Å²) in [6, 6.07) is 0.392. The molecule has 2 N–H and O–H groups in total. The standard InChI is InChI=1S/C15H31N3O2/c1-18(2)10-12-20-11-9-16-13-15(19)17-14-7-5-3-4-6-8-14/h14,16H,3-13H2,1-2H3,(H,17,19). The first-order chi connectivity index (χ1) is 9.68. The van der Waals surface area contributed by atoms with Crippen molar-refractivity contribution in [1.82, 2.24) is 15.5 Å². The number of nitrogens with one attached hydrogen (secondary N) is 2. The number of hydrogen-bond acceptors (Lipinski definition) is 4.